The predicted molar refractivity (Wildman–Crippen MR) is 106 cm³/mol. The zero-order valence-corrected chi connectivity index (χ0v) is 15.7. The van der Waals surface area contributed by atoms with E-state index >= 15 is 0 Å². The van der Waals surface area contributed by atoms with Gasteiger partial charge in [-0.05, 0) is 60.7 Å². The second-order valence-corrected chi connectivity index (χ2v) is 7.30. The van der Waals surface area contributed by atoms with Gasteiger partial charge in [0.05, 0.1) is 4.90 Å². The number of nitrogens with one attached hydrogen (secondary N) is 2. The number of ether oxygens (including phenoxy) is 1. The zero-order chi connectivity index (χ0) is 20.9. The lowest BCUT2D eigenvalue weighted by atomic mass is 10.3. The highest BCUT2D eigenvalue weighted by Crippen LogP contribution is 2.24. The van der Waals surface area contributed by atoms with E-state index in [2.05, 4.69) is 15.6 Å². The number of pyridine rings is 1. The minimum atomic E-state index is -3.79. The predicted octanol–water partition coefficient (Wildman–Crippen LogP) is 3.04. The number of urea groups is 1. The van der Waals surface area contributed by atoms with Crippen molar-refractivity contribution in [1.29, 1.82) is 5.26 Å². The molecule has 10 heteroatoms. The van der Waals surface area contributed by atoms with Crippen molar-refractivity contribution in [3.8, 4) is 17.7 Å². The maximum absolute atomic E-state index is 12.1. The molecule has 2 aromatic carbocycles. The Hall–Kier alpha value is -3.94. The fourth-order valence-corrected chi connectivity index (χ4v) is 2.81. The smallest absolute Gasteiger partial charge is 0.323 e. The van der Waals surface area contributed by atoms with Gasteiger partial charge in [0, 0.05) is 17.6 Å². The number of primary sulfonamides is 1. The number of rotatable bonds is 5. The lowest BCUT2D eigenvalue weighted by Crippen LogP contribution is -2.19. The number of benzene rings is 2. The number of nitrogens with two attached hydrogens (primary N) is 1. The summed E-state index contributed by atoms with van der Waals surface area (Å²) >= 11 is 0. The van der Waals surface area contributed by atoms with E-state index in [0.29, 0.717) is 22.7 Å². The van der Waals surface area contributed by atoms with Gasteiger partial charge in [0.2, 0.25) is 15.9 Å². The standard InChI is InChI=1S/C19H15N5O4S/c20-12-13-2-1-11-22-18(13)28-16-7-3-14(4-8-16)23-19(25)24-15-5-9-17(10-6-15)29(21,26)27/h1-11H,(H2,21,26,27)(H2,23,24,25). The fourth-order valence-electron chi connectivity index (χ4n) is 2.30. The summed E-state index contributed by atoms with van der Waals surface area (Å²) in [6, 6.07) is 16.6. The Morgan fingerprint density at radius 3 is 2.14 bits per heavy atom. The van der Waals surface area contributed by atoms with Crippen LogP contribution in [0, 0.1) is 11.3 Å². The molecule has 1 aromatic heterocycles. The van der Waals surface area contributed by atoms with Crippen molar-refractivity contribution in [2.45, 2.75) is 4.90 Å². The summed E-state index contributed by atoms with van der Waals surface area (Å²) in [5.74, 6) is 0.640. The lowest BCUT2D eigenvalue weighted by Gasteiger charge is -2.09. The molecule has 4 N–H and O–H groups in total. The zero-order valence-electron chi connectivity index (χ0n) is 14.9. The van der Waals surface area contributed by atoms with Crippen LogP contribution >= 0.6 is 0 Å². The van der Waals surface area contributed by atoms with E-state index in [9.17, 15) is 13.2 Å². The molecule has 0 spiro atoms. The summed E-state index contributed by atoms with van der Waals surface area (Å²) in [5, 5.41) is 19.3. The van der Waals surface area contributed by atoms with Crippen LogP contribution in [0.4, 0.5) is 16.2 Å². The first-order valence-corrected chi connectivity index (χ1v) is 9.74. The van der Waals surface area contributed by atoms with Gasteiger partial charge in [-0.15, -0.1) is 0 Å². The fraction of sp³-hybridized carbons (Fsp3) is 0. The van der Waals surface area contributed by atoms with Gasteiger partial charge in [-0.3, -0.25) is 0 Å². The molecule has 146 valence electrons. The summed E-state index contributed by atoms with van der Waals surface area (Å²) in [6.07, 6.45) is 1.52. The number of carbonyl (C=O) groups excluding carboxylic acids is 1. The number of hydrogen-bond donors (Lipinski definition) is 3. The third kappa shape index (κ3) is 5.29. The van der Waals surface area contributed by atoms with Gasteiger partial charge in [0.15, 0.2) is 0 Å². The van der Waals surface area contributed by atoms with Crippen LogP contribution in [0.2, 0.25) is 0 Å². The van der Waals surface area contributed by atoms with Crippen molar-refractivity contribution in [2.24, 2.45) is 5.14 Å². The van der Waals surface area contributed by atoms with Crippen molar-refractivity contribution >= 4 is 27.4 Å². The van der Waals surface area contributed by atoms with E-state index in [1.807, 2.05) is 6.07 Å². The number of nitriles is 1. The molecule has 29 heavy (non-hydrogen) atoms. The Morgan fingerprint density at radius 1 is 1.00 bits per heavy atom. The van der Waals surface area contributed by atoms with Gasteiger partial charge in [0.25, 0.3) is 0 Å². The Labute approximate surface area is 166 Å². The molecule has 0 fully saturated rings. The third-order valence-corrected chi connectivity index (χ3v) is 4.59. The molecule has 9 nitrogen and oxygen atoms in total. The van der Waals surface area contributed by atoms with E-state index in [1.165, 1.54) is 30.5 Å². The van der Waals surface area contributed by atoms with Crippen LogP contribution in [0.25, 0.3) is 0 Å². The highest BCUT2D eigenvalue weighted by Gasteiger charge is 2.09. The molecule has 0 radical (unpaired) electrons. The monoisotopic (exact) mass is 409 g/mol. The molecule has 0 atom stereocenters. The van der Waals surface area contributed by atoms with Gasteiger partial charge in [-0.1, -0.05) is 0 Å². The molecule has 0 aliphatic heterocycles. The van der Waals surface area contributed by atoms with Crippen molar-refractivity contribution in [3.63, 3.8) is 0 Å². The van der Waals surface area contributed by atoms with Gasteiger partial charge in [0.1, 0.15) is 17.4 Å². The van der Waals surface area contributed by atoms with Crippen molar-refractivity contribution < 1.29 is 17.9 Å². The van der Waals surface area contributed by atoms with Crippen LogP contribution in [-0.4, -0.2) is 19.4 Å². The van der Waals surface area contributed by atoms with Crippen molar-refractivity contribution in [3.05, 3.63) is 72.4 Å². The summed E-state index contributed by atoms with van der Waals surface area (Å²) in [5.41, 5.74) is 1.20. The molecule has 3 aromatic rings. The number of amides is 2. The van der Waals surface area contributed by atoms with Crippen LogP contribution in [0.1, 0.15) is 5.56 Å². The molecule has 0 saturated carbocycles. The number of carbonyl (C=O) groups is 1. The number of aromatic nitrogens is 1. The first-order valence-electron chi connectivity index (χ1n) is 8.19. The summed E-state index contributed by atoms with van der Waals surface area (Å²) in [6.45, 7) is 0. The molecular weight excluding hydrogens is 394 g/mol. The Bertz CT molecular complexity index is 1170. The second-order valence-electron chi connectivity index (χ2n) is 5.74. The normalized spacial score (nSPS) is 10.6. The first-order chi connectivity index (χ1) is 13.8. The SMILES string of the molecule is N#Cc1cccnc1Oc1ccc(NC(=O)Nc2ccc(S(N)(=O)=O)cc2)cc1. The molecule has 3 rings (SSSR count). The molecule has 0 saturated heterocycles. The summed E-state index contributed by atoms with van der Waals surface area (Å²) < 4.78 is 28.0. The summed E-state index contributed by atoms with van der Waals surface area (Å²) in [4.78, 5) is 16.0. The minimum absolute atomic E-state index is 0.0495. The number of anilines is 2. The molecule has 0 aliphatic carbocycles. The Balaban J connectivity index is 1.61. The number of nitrogens with zero attached hydrogens (tertiary/aromatic N) is 2. The van der Waals surface area contributed by atoms with Gasteiger partial charge in [-0.2, -0.15) is 5.26 Å². The summed E-state index contributed by atoms with van der Waals surface area (Å²) in [7, 11) is -3.79. The highest BCUT2D eigenvalue weighted by molar-refractivity contribution is 7.89. The van der Waals surface area contributed by atoms with Gasteiger partial charge >= 0.3 is 6.03 Å². The van der Waals surface area contributed by atoms with Crippen LogP contribution < -0.4 is 20.5 Å². The quantitative estimate of drug-likeness (QED) is 0.590. The largest absolute Gasteiger partial charge is 0.438 e. The highest BCUT2D eigenvalue weighted by atomic mass is 32.2. The number of sulfonamides is 1. The van der Waals surface area contributed by atoms with Crippen molar-refractivity contribution in [2.75, 3.05) is 10.6 Å². The first kappa shape index (κ1) is 19.8. The maximum atomic E-state index is 12.1. The maximum Gasteiger partial charge on any atom is 0.323 e. The van der Waals surface area contributed by atoms with E-state index in [-0.39, 0.29) is 10.8 Å². The van der Waals surface area contributed by atoms with Crippen LogP contribution in [0.15, 0.2) is 71.8 Å². The van der Waals surface area contributed by atoms with E-state index < -0.39 is 16.1 Å². The van der Waals surface area contributed by atoms with E-state index in [1.54, 1.807) is 36.4 Å². The minimum Gasteiger partial charge on any atom is -0.438 e. The topological polar surface area (TPSA) is 147 Å². The average molecular weight is 409 g/mol. The molecule has 0 unspecified atom stereocenters. The number of hydrogen-bond acceptors (Lipinski definition) is 6. The van der Waals surface area contributed by atoms with Crippen LogP contribution in [-0.2, 0) is 10.0 Å². The van der Waals surface area contributed by atoms with E-state index in [4.69, 9.17) is 15.1 Å². The van der Waals surface area contributed by atoms with Gasteiger partial charge < -0.3 is 15.4 Å². The molecular formula is C19H15N5O4S. The Kier molecular flexibility index (Phi) is 5.73. The van der Waals surface area contributed by atoms with E-state index in [0.717, 1.165) is 0 Å². The van der Waals surface area contributed by atoms with Crippen molar-refractivity contribution in [1.82, 2.24) is 4.98 Å². The molecule has 1 heterocycles. The Morgan fingerprint density at radius 2 is 1.59 bits per heavy atom. The average Bonchev–Trinajstić information content (AvgIpc) is 2.69. The third-order valence-electron chi connectivity index (χ3n) is 3.66. The molecule has 2 amide bonds. The molecule has 0 bridgehead atoms. The van der Waals surface area contributed by atoms with Gasteiger partial charge in [-0.25, -0.2) is 23.3 Å². The van der Waals surface area contributed by atoms with Crippen LogP contribution in [0.5, 0.6) is 11.6 Å². The second kappa shape index (κ2) is 8.39. The lowest BCUT2D eigenvalue weighted by molar-refractivity contribution is 0.262. The molecule has 0 aliphatic rings. The van der Waals surface area contributed by atoms with Crippen LogP contribution in [0.3, 0.4) is 0 Å².